The number of carboxylic acid groups (broad SMARTS) is 1. The van der Waals surface area contributed by atoms with Crippen LogP contribution in [0.1, 0.15) is 16.9 Å². The van der Waals surface area contributed by atoms with Crippen molar-refractivity contribution in [2.75, 3.05) is 0 Å². The smallest absolute Gasteiger partial charge is 0.303 e. The van der Waals surface area contributed by atoms with Crippen molar-refractivity contribution >= 4 is 29.1 Å². The molecule has 1 heterocycles. The zero-order valence-electron chi connectivity index (χ0n) is 13.8. The highest BCUT2D eigenvalue weighted by Crippen LogP contribution is 2.29. The lowest BCUT2D eigenvalue weighted by molar-refractivity contribution is -0.136. The predicted molar refractivity (Wildman–Crippen MR) is 97.0 cm³/mol. The maximum atomic E-state index is 14.2. The molecule has 0 aliphatic carbocycles. The van der Waals surface area contributed by atoms with Crippen LogP contribution >= 0.6 is 23.1 Å². The fraction of sp³-hybridized carbons (Fsp3) is 0.167. The zero-order valence-corrected chi connectivity index (χ0v) is 15.4. The Labute approximate surface area is 162 Å². The van der Waals surface area contributed by atoms with E-state index in [9.17, 15) is 13.6 Å². The van der Waals surface area contributed by atoms with Gasteiger partial charge in [-0.15, -0.1) is 5.10 Å². The lowest BCUT2D eigenvalue weighted by atomic mass is 10.1. The van der Waals surface area contributed by atoms with Crippen LogP contribution in [0.15, 0.2) is 36.4 Å². The van der Waals surface area contributed by atoms with Crippen molar-refractivity contribution in [1.82, 2.24) is 9.59 Å². The van der Waals surface area contributed by atoms with Gasteiger partial charge in [0.2, 0.25) is 0 Å². The maximum Gasteiger partial charge on any atom is 0.303 e. The highest BCUT2D eigenvalue weighted by atomic mass is 35.5. The molecule has 0 amide bonds. The van der Waals surface area contributed by atoms with Gasteiger partial charge in [0, 0.05) is 17.0 Å². The lowest BCUT2D eigenvalue weighted by Gasteiger charge is -2.10. The third kappa shape index (κ3) is 4.78. The number of ether oxygens (including phenoxy) is 1. The van der Waals surface area contributed by atoms with Crippen molar-refractivity contribution in [3.63, 3.8) is 0 Å². The molecule has 0 atom stereocenters. The van der Waals surface area contributed by atoms with Crippen LogP contribution in [0.25, 0.3) is 11.3 Å². The second kappa shape index (κ2) is 8.41. The van der Waals surface area contributed by atoms with E-state index in [1.165, 1.54) is 0 Å². The standard InChI is InChI=1S/C18H13ClF2N2O3S/c19-12-3-1-2-11(8-12)17-15(27-23-22-17)9-26-18-13(20)6-10(7-14(18)21)4-5-16(24)25/h1-3,6-8H,4-5,9H2,(H,24,25). The van der Waals surface area contributed by atoms with E-state index in [0.29, 0.717) is 15.6 Å². The van der Waals surface area contributed by atoms with Crippen LogP contribution in [-0.4, -0.2) is 20.7 Å². The van der Waals surface area contributed by atoms with Crippen molar-refractivity contribution in [1.29, 1.82) is 0 Å². The molecule has 5 nitrogen and oxygen atoms in total. The molecule has 0 saturated heterocycles. The van der Waals surface area contributed by atoms with Crippen LogP contribution in [0.2, 0.25) is 5.02 Å². The van der Waals surface area contributed by atoms with Crippen LogP contribution in [0.3, 0.4) is 0 Å². The summed E-state index contributed by atoms with van der Waals surface area (Å²) >= 11 is 7.03. The number of aliphatic carboxylic acids is 1. The van der Waals surface area contributed by atoms with Gasteiger partial charge in [0.1, 0.15) is 12.3 Å². The van der Waals surface area contributed by atoms with Crippen LogP contribution in [0.4, 0.5) is 8.78 Å². The SMILES string of the molecule is O=C(O)CCc1cc(F)c(OCc2snnc2-c2cccc(Cl)c2)c(F)c1. The summed E-state index contributed by atoms with van der Waals surface area (Å²) in [6.45, 7) is -0.123. The Bertz CT molecular complexity index is 958. The summed E-state index contributed by atoms with van der Waals surface area (Å²) in [5.74, 6) is -3.35. The molecule has 9 heteroatoms. The van der Waals surface area contributed by atoms with E-state index >= 15 is 0 Å². The molecule has 0 radical (unpaired) electrons. The molecule has 1 N–H and O–H groups in total. The van der Waals surface area contributed by atoms with Gasteiger partial charge in [-0.2, -0.15) is 0 Å². The van der Waals surface area contributed by atoms with Gasteiger partial charge in [0.05, 0.1) is 4.88 Å². The van der Waals surface area contributed by atoms with Gasteiger partial charge >= 0.3 is 5.97 Å². The van der Waals surface area contributed by atoms with E-state index in [0.717, 1.165) is 29.2 Å². The summed E-state index contributed by atoms with van der Waals surface area (Å²) < 4.78 is 37.5. The van der Waals surface area contributed by atoms with Gasteiger partial charge in [-0.25, -0.2) is 8.78 Å². The first-order valence-corrected chi connectivity index (χ1v) is 8.99. The predicted octanol–water partition coefficient (Wildman–Crippen LogP) is 4.73. The van der Waals surface area contributed by atoms with Crippen LogP contribution in [0, 0.1) is 11.6 Å². The molecule has 0 fully saturated rings. The zero-order chi connectivity index (χ0) is 19.4. The highest BCUT2D eigenvalue weighted by molar-refractivity contribution is 7.05. The minimum absolute atomic E-state index is 0.0289. The largest absolute Gasteiger partial charge is 0.482 e. The summed E-state index contributed by atoms with van der Waals surface area (Å²) in [5, 5.41) is 13.2. The molecule has 2 aromatic carbocycles. The second-order valence-electron chi connectivity index (χ2n) is 5.63. The topological polar surface area (TPSA) is 72.3 Å². The van der Waals surface area contributed by atoms with Crippen molar-refractivity contribution in [3.8, 4) is 17.0 Å². The number of hydrogen-bond donors (Lipinski definition) is 1. The average molecular weight is 411 g/mol. The molecule has 0 aliphatic rings. The van der Waals surface area contributed by atoms with Gasteiger partial charge in [-0.3, -0.25) is 4.79 Å². The van der Waals surface area contributed by atoms with Gasteiger partial charge in [0.25, 0.3) is 0 Å². The number of hydrogen-bond acceptors (Lipinski definition) is 5. The number of carbonyl (C=O) groups is 1. The summed E-state index contributed by atoms with van der Waals surface area (Å²) in [7, 11) is 0. The minimum Gasteiger partial charge on any atom is -0.482 e. The van der Waals surface area contributed by atoms with E-state index in [2.05, 4.69) is 9.59 Å². The van der Waals surface area contributed by atoms with Gasteiger partial charge in [-0.05, 0) is 47.8 Å². The molecule has 0 bridgehead atoms. The second-order valence-corrected chi connectivity index (χ2v) is 6.90. The number of nitrogens with zero attached hydrogens (tertiary/aromatic N) is 2. The molecular formula is C18H13ClF2N2O3S. The third-order valence-electron chi connectivity index (χ3n) is 3.69. The molecule has 0 saturated carbocycles. The number of aromatic nitrogens is 2. The quantitative estimate of drug-likeness (QED) is 0.609. The van der Waals surface area contributed by atoms with Crippen molar-refractivity contribution in [3.05, 3.63) is 63.5 Å². The molecule has 0 aliphatic heterocycles. The Hall–Kier alpha value is -2.58. The van der Waals surface area contributed by atoms with Gasteiger partial charge in [0.15, 0.2) is 17.4 Å². The molecule has 27 heavy (non-hydrogen) atoms. The first-order valence-electron chi connectivity index (χ1n) is 7.83. The molecule has 1 aromatic heterocycles. The monoisotopic (exact) mass is 410 g/mol. The number of halogens is 3. The first-order chi connectivity index (χ1) is 12.9. The van der Waals surface area contributed by atoms with Gasteiger partial charge in [-0.1, -0.05) is 28.2 Å². The van der Waals surface area contributed by atoms with Gasteiger partial charge < -0.3 is 9.84 Å². The van der Waals surface area contributed by atoms with E-state index in [4.69, 9.17) is 21.4 Å². The van der Waals surface area contributed by atoms with E-state index in [-0.39, 0.29) is 25.0 Å². The fourth-order valence-electron chi connectivity index (χ4n) is 2.44. The Balaban J connectivity index is 1.76. The van der Waals surface area contributed by atoms with E-state index < -0.39 is 23.4 Å². The van der Waals surface area contributed by atoms with Crippen LogP contribution in [0.5, 0.6) is 5.75 Å². The number of benzene rings is 2. The fourth-order valence-corrected chi connectivity index (χ4v) is 3.21. The minimum atomic E-state index is -1.04. The average Bonchev–Trinajstić information content (AvgIpc) is 3.08. The molecular weight excluding hydrogens is 398 g/mol. The number of aryl methyl sites for hydroxylation is 1. The van der Waals surface area contributed by atoms with Crippen molar-refractivity contribution < 1.29 is 23.4 Å². The van der Waals surface area contributed by atoms with E-state index in [1.807, 2.05) is 0 Å². The maximum absolute atomic E-state index is 14.2. The molecule has 140 valence electrons. The van der Waals surface area contributed by atoms with E-state index in [1.54, 1.807) is 24.3 Å². The Morgan fingerprint density at radius 2 is 1.96 bits per heavy atom. The normalized spacial score (nSPS) is 10.8. The summed E-state index contributed by atoms with van der Waals surface area (Å²) in [4.78, 5) is 11.2. The molecule has 0 spiro atoms. The molecule has 3 aromatic rings. The highest BCUT2D eigenvalue weighted by Gasteiger charge is 2.17. The first kappa shape index (κ1) is 19.2. The van der Waals surface area contributed by atoms with Crippen LogP contribution < -0.4 is 4.74 Å². The Morgan fingerprint density at radius 1 is 1.22 bits per heavy atom. The third-order valence-corrected chi connectivity index (χ3v) is 4.62. The van der Waals surface area contributed by atoms with Crippen molar-refractivity contribution in [2.45, 2.75) is 19.4 Å². The summed E-state index contributed by atoms with van der Waals surface area (Å²) in [5.41, 5.74) is 1.50. The summed E-state index contributed by atoms with van der Waals surface area (Å²) in [6.07, 6.45) is -0.185. The number of carboxylic acids is 1. The Morgan fingerprint density at radius 3 is 2.63 bits per heavy atom. The molecule has 3 rings (SSSR count). The molecule has 0 unspecified atom stereocenters. The van der Waals surface area contributed by atoms with Crippen LogP contribution in [-0.2, 0) is 17.8 Å². The van der Waals surface area contributed by atoms with Crippen molar-refractivity contribution in [2.24, 2.45) is 0 Å². The summed E-state index contributed by atoms with van der Waals surface area (Å²) in [6, 6.07) is 9.13. The lowest BCUT2D eigenvalue weighted by Crippen LogP contribution is -2.03. The number of rotatable bonds is 7. The Kier molecular flexibility index (Phi) is 5.98.